The van der Waals surface area contributed by atoms with Gasteiger partial charge in [-0.3, -0.25) is 0 Å². The molecule has 1 aromatic rings. The first-order valence-electron chi connectivity index (χ1n) is 8.29. The minimum atomic E-state index is -0.492. The van der Waals surface area contributed by atoms with E-state index in [0.29, 0.717) is 0 Å². The molecule has 0 saturated carbocycles. The number of carbonyl (C=O) groups excluding carboxylic acids is 2. The van der Waals surface area contributed by atoms with Gasteiger partial charge in [-0.15, -0.1) is 0 Å². The maximum atomic E-state index is 11.0. The Balaban J connectivity index is 2.04. The van der Waals surface area contributed by atoms with Gasteiger partial charge in [0.1, 0.15) is 0 Å². The molecule has 0 bridgehead atoms. The summed E-state index contributed by atoms with van der Waals surface area (Å²) in [5, 5.41) is 0. The number of hydrogen-bond acceptors (Lipinski definition) is 4. The van der Waals surface area contributed by atoms with Gasteiger partial charge in [0.15, 0.2) is 0 Å². The van der Waals surface area contributed by atoms with E-state index in [1.54, 1.807) is 12.2 Å². The highest BCUT2D eigenvalue weighted by atomic mass is 16.5. The van der Waals surface area contributed by atoms with Crippen LogP contribution in [0.4, 0.5) is 0 Å². The SMILES string of the molecule is C=CC(=O)O/C=C/C1=CC=C(c2ccc(/C=C/OC(=O)C=C)cc2)CC=C1. The van der Waals surface area contributed by atoms with E-state index in [4.69, 9.17) is 9.47 Å². The Kier molecular flexibility index (Phi) is 7.54. The molecule has 0 unspecified atom stereocenters. The molecule has 27 heavy (non-hydrogen) atoms. The molecule has 0 radical (unpaired) electrons. The second kappa shape index (κ2) is 10.4. The van der Waals surface area contributed by atoms with Gasteiger partial charge in [-0.1, -0.05) is 61.7 Å². The van der Waals surface area contributed by atoms with Gasteiger partial charge in [0.25, 0.3) is 0 Å². The summed E-state index contributed by atoms with van der Waals surface area (Å²) in [6, 6.07) is 7.91. The van der Waals surface area contributed by atoms with Crippen molar-refractivity contribution in [1.82, 2.24) is 0 Å². The van der Waals surface area contributed by atoms with E-state index in [2.05, 4.69) is 13.2 Å². The van der Waals surface area contributed by atoms with Crippen molar-refractivity contribution >= 4 is 23.6 Å². The standard InChI is InChI=1S/C23H20O4/c1-3-22(24)26-16-14-18-6-5-7-20(11-8-18)21-12-9-19(10-13-21)15-17-27-23(25)4-2/h3-6,8-17H,1-2,7H2/b16-14+,17-15+. The van der Waals surface area contributed by atoms with Crippen molar-refractivity contribution < 1.29 is 19.1 Å². The zero-order valence-corrected chi connectivity index (χ0v) is 14.8. The zero-order chi connectivity index (χ0) is 19.5. The molecule has 2 rings (SSSR count). The second-order valence-electron chi connectivity index (χ2n) is 5.47. The fourth-order valence-corrected chi connectivity index (χ4v) is 2.23. The van der Waals surface area contributed by atoms with E-state index >= 15 is 0 Å². The highest BCUT2D eigenvalue weighted by Crippen LogP contribution is 2.23. The van der Waals surface area contributed by atoms with Crippen molar-refractivity contribution in [2.24, 2.45) is 0 Å². The van der Waals surface area contributed by atoms with E-state index < -0.39 is 11.9 Å². The van der Waals surface area contributed by atoms with Crippen LogP contribution in [0.1, 0.15) is 17.5 Å². The molecular weight excluding hydrogens is 340 g/mol. The molecule has 0 spiro atoms. The largest absolute Gasteiger partial charge is 0.431 e. The third-order valence-corrected chi connectivity index (χ3v) is 3.63. The van der Waals surface area contributed by atoms with Gasteiger partial charge in [-0.05, 0) is 40.8 Å². The lowest BCUT2D eigenvalue weighted by Crippen LogP contribution is -1.91. The molecule has 1 aliphatic carbocycles. The van der Waals surface area contributed by atoms with Crippen LogP contribution < -0.4 is 0 Å². The van der Waals surface area contributed by atoms with E-state index in [-0.39, 0.29) is 0 Å². The van der Waals surface area contributed by atoms with Gasteiger partial charge in [0.05, 0.1) is 12.5 Å². The monoisotopic (exact) mass is 360 g/mol. The fraction of sp³-hybridized carbons (Fsp3) is 0.0435. The van der Waals surface area contributed by atoms with Crippen molar-refractivity contribution in [2.45, 2.75) is 6.42 Å². The van der Waals surface area contributed by atoms with Gasteiger partial charge >= 0.3 is 11.9 Å². The minimum absolute atomic E-state index is 0.492. The van der Waals surface area contributed by atoms with Crippen molar-refractivity contribution in [1.29, 1.82) is 0 Å². The summed E-state index contributed by atoms with van der Waals surface area (Å²) in [5.41, 5.74) is 4.10. The van der Waals surface area contributed by atoms with Crippen LogP contribution in [0.2, 0.25) is 0 Å². The smallest absolute Gasteiger partial charge is 0.334 e. The summed E-state index contributed by atoms with van der Waals surface area (Å²) >= 11 is 0. The maximum Gasteiger partial charge on any atom is 0.334 e. The molecule has 136 valence electrons. The Morgan fingerprint density at radius 3 is 2.15 bits per heavy atom. The van der Waals surface area contributed by atoms with Crippen LogP contribution >= 0.6 is 0 Å². The Bertz CT molecular complexity index is 862. The Labute approximate surface area is 158 Å². The van der Waals surface area contributed by atoms with Crippen molar-refractivity contribution in [2.75, 3.05) is 0 Å². The number of allylic oxidation sites excluding steroid dienone is 7. The first-order chi connectivity index (χ1) is 13.1. The molecule has 4 heteroatoms. The minimum Gasteiger partial charge on any atom is -0.431 e. The number of hydrogen-bond donors (Lipinski definition) is 0. The average Bonchev–Trinajstić information content (AvgIpc) is 2.94. The highest BCUT2D eigenvalue weighted by Gasteiger charge is 2.02. The number of esters is 2. The van der Waals surface area contributed by atoms with Crippen LogP contribution in [0, 0.1) is 0 Å². The fourth-order valence-electron chi connectivity index (χ4n) is 2.23. The first kappa shape index (κ1) is 19.7. The van der Waals surface area contributed by atoms with Crippen molar-refractivity contribution in [3.63, 3.8) is 0 Å². The number of ether oxygens (including phenoxy) is 2. The molecule has 0 N–H and O–H groups in total. The molecule has 0 heterocycles. The van der Waals surface area contributed by atoms with E-state index in [0.717, 1.165) is 40.8 Å². The Morgan fingerprint density at radius 2 is 1.52 bits per heavy atom. The van der Waals surface area contributed by atoms with Gasteiger partial charge < -0.3 is 9.47 Å². The molecule has 4 nitrogen and oxygen atoms in total. The predicted molar refractivity (Wildman–Crippen MR) is 107 cm³/mol. The molecular formula is C23H20O4. The quantitative estimate of drug-likeness (QED) is 0.394. The molecule has 0 amide bonds. The normalized spacial score (nSPS) is 13.6. The summed E-state index contributed by atoms with van der Waals surface area (Å²) < 4.78 is 9.65. The third kappa shape index (κ3) is 6.63. The van der Waals surface area contributed by atoms with Crippen LogP contribution in [0.5, 0.6) is 0 Å². The third-order valence-electron chi connectivity index (χ3n) is 3.63. The summed E-state index contributed by atoms with van der Waals surface area (Å²) in [7, 11) is 0. The first-order valence-corrected chi connectivity index (χ1v) is 8.29. The highest BCUT2D eigenvalue weighted by molar-refractivity contribution is 5.82. The van der Waals surface area contributed by atoms with Crippen LogP contribution in [0.25, 0.3) is 11.6 Å². The zero-order valence-electron chi connectivity index (χ0n) is 14.8. The van der Waals surface area contributed by atoms with E-state index in [1.807, 2.05) is 48.6 Å². The van der Waals surface area contributed by atoms with Gasteiger partial charge in [0, 0.05) is 12.2 Å². The van der Waals surface area contributed by atoms with Crippen LogP contribution in [0.3, 0.4) is 0 Å². The predicted octanol–water partition coefficient (Wildman–Crippen LogP) is 4.90. The van der Waals surface area contributed by atoms with Gasteiger partial charge in [0.2, 0.25) is 0 Å². The van der Waals surface area contributed by atoms with Crippen molar-refractivity contribution in [3.05, 3.63) is 109 Å². The van der Waals surface area contributed by atoms with Gasteiger partial charge in [-0.25, -0.2) is 9.59 Å². The summed E-state index contributed by atoms with van der Waals surface area (Å²) in [5.74, 6) is -0.983. The number of rotatable bonds is 7. The lowest BCUT2D eigenvalue weighted by Gasteiger charge is -2.04. The van der Waals surface area contributed by atoms with Gasteiger partial charge in [-0.2, -0.15) is 0 Å². The second-order valence-corrected chi connectivity index (χ2v) is 5.47. The van der Waals surface area contributed by atoms with E-state index in [1.165, 1.54) is 12.5 Å². The average molecular weight is 360 g/mol. The Hall–Kier alpha value is -3.66. The van der Waals surface area contributed by atoms with Crippen LogP contribution in [-0.4, -0.2) is 11.9 Å². The number of benzene rings is 1. The Morgan fingerprint density at radius 1 is 0.889 bits per heavy atom. The number of carbonyl (C=O) groups is 2. The van der Waals surface area contributed by atoms with E-state index in [9.17, 15) is 9.59 Å². The molecule has 1 aromatic carbocycles. The molecule has 0 fully saturated rings. The van der Waals surface area contributed by atoms with Crippen molar-refractivity contribution in [3.8, 4) is 0 Å². The summed E-state index contributed by atoms with van der Waals surface area (Å²) in [6.45, 7) is 6.68. The molecule has 0 saturated heterocycles. The van der Waals surface area contributed by atoms with Crippen LogP contribution in [0.15, 0.2) is 98.1 Å². The summed E-state index contributed by atoms with van der Waals surface area (Å²) in [4.78, 5) is 22.0. The lowest BCUT2D eigenvalue weighted by molar-refractivity contribution is -0.133. The molecule has 0 aliphatic heterocycles. The topological polar surface area (TPSA) is 52.6 Å². The molecule has 0 aromatic heterocycles. The molecule has 0 atom stereocenters. The molecule has 1 aliphatic rings. The maximum absolute atomic E-state index is 11.0. The summed E-state index contributed by atoms with van der Waals surface area (Å²) in [6.07, 6.45) is 17.1. The van der Waals surface area contributed by atoms with Crippen LogP contribution in [-0.2, 0) is 19.1 Å². The lowest BCUT2D eigenvalue weighted by atomic mass is 10.0.